The van der Waals surface area contributed by atoms with Gasteiger partial charge in [-0.1, -0.05) is 12.1 Å². The Morgan fingerprint density at radius 1 is 1.44 bits per heavy atom. The van der Waals surface area contributed by atoms with E-state index < -0.39 is 23.7 Å². The number of hydrogen-bond acceptors (Lipinski definition) is 5. The zero-order valence-electron chi connectivity index (χ0n) is 15.0. The summed E-state index contributed by atoms with van der Waals surface area (Å²) in [4.78, 5) is 12.2. The number of rotatable bonds is 4. The van der Waals surface area contributed by atoms with Crippen LogP contribution in [-0.2, 0) is 17.8 Å². The van der Waals surface area contributed by atoms with Gasteiger partial charge in [0, 0.05) is 19.4 Å². The van der Waals surface area contributed by atoms with Gasteiger partial charge in [0.15, 0.2) is 6.04 Å². The van der Waals surface area contributed by atoms with Crippen LogP contribution < -0.4 is 14.7 Å². The van der Waals surface area contributed by atoms with Crippen LogP contribution in [0.5, 0.6) is 5.75 Å². The van der Waals surface area contributed by atoms with Crippen LogP contribution in [0, 0.1) is 0 Å². The number of allylic oxidation sites excluding steroid dienone is 1. The van der Waals surface area contributed by atoms with Crippen molar-refractivity contribution in [1.29, 1.82) is 0 Å². The number of carboxylic acid groups (broad SMARTS) is 1. The van der Waals surface area contributed by atoms with Crippen molar-refractivity contribution in [3.63, 3.8) is 0 Å². The molecule has 3 rings (SSSR count). The van der Waals surface area contributed by atoms with E-state index >= 15 is 0 Å². The molecule has 0 aromatic heterocycles. The Morgan fingerprint density at radius 3 is 2.68 bits per heavy atom. The largest absolute Gasteiger partial charge is 0.544 e. The number of hydrogen-bond donors (Lipinski definition) is 3. The molecule has 0 saturated heterocycles. The molecular formula is C19H25NO5. The summed E-state index contributed by atoms with van der Waals surface area (Å²) < 4.78 is 6.04. The molecule has 2 aliphatic rings. The summed E-state index contributed by atoms with van der Waals surface area (Å²) in [5, 5.41) is 31.7. The molecule has 136 valence electrons. The maximum atomic E-state index is 11.5. The third-order valence-corrected chi connectivity index (χ3v) is 5.19. The fraction of sp³-hybridized carbons (Fsp3) is 0.526. The van der Waals surface area contributed by atoms with E-state index in [2.05, 4.69) is 0 Å². The highest BCUT2D eigenvalue weighted by Crippen LogP contribution is 2.38. The second-order valence-electron chi connectivity index (χ2n) is 7.65. The van der Waals surface area contributed by atoms with E-state index in [4.69, 9.17) is 4.74 Å². The van der Waals surface area contributed by atoms with Crippen molar-refractivity contribution in [2.24, 2.45) is 0 Å². The lowest BCUT2D eigenvalue weighted by molar-refractivity contribution is -0.898. The monoisotopic (exact) mass is 347 g/mol. The van der Waals surface area contributed by atoms with E-state index in [1.807, 2.05) is 25.1 Å². The molecule has 4 atom stereocenters. The quantitative estimate of drug-likeness (QED) is 0.651. The van der Waals surface area contributed by atoms with E-state index in [1.54, 1.807) is 13.8 Å². The van der Waals surface area contributed by atoms with Crippen molar-refractivity contribution < 1.29 is 29.8 Å². The lowest BCUT2D eigenvalue weighted by Gasteiger charge is -2.34. The minimum atomic E-state index is -1.27. The highest BCUT2D eigenvalue weighted by molar-refractivity contribution is 5.71. The highest BCUT2D eigenvalue weighted by atomic mass is 16.5. The minimum Gasteiger partial charge on any atom is -0.544 e. The SMILES string of the molecule is CC1=Cc2ccc3c(c2C[NH+]1C(C(=O)[O-])C(C)O)OC(C(C)(C)O)C3. The third kappa shape index (κ3) is 3.17. The van der Waals surface area contributed by atoms with Gasteiger partial charge in [-0.15, -0.1) is 0 Å². The lowest BCUT2D eigenvalue weighted by atomic mass is 9.93. The van der Waals surface area contributed by atoms with Crippen LogP contribution in [0.4, 0.5) is 0 Å². The second-order valence-corrected chi connectivity index (χ2v) is 7.65. The molecule has 0 bridgehead atoms. The smallest absolute Gasteiger partial charge is 0.158 e. The molecule has 3 N–H and O–H groups in total. The fourth-order valence-corrected chi connectivity index (χ4v) is 3.74. The van der Waals surface area contributed by atoms with Crippen molar-refractivity contribution in [1.82, 2.24) is 0 Å². The van der Waals surface area contributed by atoms with Crippen molar-refractivity contribution in [3.05, 3.63) is 34.5 Å². The molecule has 0 radical (unpaired) electrons. The van der Waals surface area contributed by atoms with Gasteiger partial charge >= 0.3 is 0 Å². The predicted octanol–water partition coefficient (Wildman–Crippen LogP) is -0.980. The molecule has 25 heavy (non-hydrogen) atoms. The molecule has 1 aromatic carbocycles. The van der Waals surface area contributed by atoms with Crippen LogP contribution >= 0.6 is 0 Å². The number of fused-ring (bicyclic) bond motifs is 3. The summed E-state index contributed by atoms with van der Waals surface area (Å²) in [5.41, 5.74) is 2.78. The average molecular weight is 347 g/mol. The normalized spacial score (nSPS) is 24.6. The first kappa shape index (κ1) is 17.9. The number of carboxylic acids is 1. The number of aliphatic hydroxyl groups excluding tert-OH is 1. The summed E-state index contributed by atoms with van der Waals surface area (Å²) >= 11 is 0. The minimum absolute atomic E-state index is 0.335. The highest BCUT2D eigenvalue weighted by Gasteiger charge is 2.39. The first-order valence-corrected chi connectivity index (χ1v) is 8.56. The maximum Gasteiger partial charge on any atom is 0.158 e. The molecule has 6 nitrogen and oxygen atoms in total. The Hall–Kier alpha value is -1.89. The summed E-state index contributed by atoms with van der Waals surface area (Å²) in [6.45, 7) is 7.15. The summed E-state index contributed by atoms with van der Waals surface area (Å²) in [7, 11) is 0. The van der Waals surface area contributed by atoms with Gasteiger partial charge in [0.05, 0.1) is 11.2 Å². The molecule has 2 heterocycles. The predicted molar refractivity (Wildman–Crippen MR) is 89.7 cm³/mol. The zero-order chi connectivity index (χ0) is 18.5. The number of aliphatic hydroxyl groups is 2. The molecule has 0 spiro atoms. The molecular weight excluding hydrogens is 322 g/mol. The third-order valence-electron chi connectivity index (χ3n) is 5.19. The standard InChI is InChI=1S/C19H25NO5/c1-10-7-12-5-6-13-8-15(19(3,4)24)25-17(13)14(12)9-20(10)16(11(2)21)18(22)23/h5-7,11,15-16,21,24H,8-9H2,1-4H3,(H,22,23). The van der Waals surface area contributed by atoms with E-state index in [0.717, 1.165) is 28.1 Å². The molecule has 0 amide bonds. The summed E-state index contributed by atoms with van der Waals surface area (Å²) in [5.74, 6) is -0.544. The molecule has 0 fully saturated rings. The Kier molecular flexibility index (Phi) is 4.39. The second kappa shape index (κ2) is 6.12. The Bertz CT molecular complexity index is 732. The summed E-state index contributed by atoms with van der Waals surface area (Å²) in [6.07, 6.45) is 1.17. The number of carbonyl (C=O) groups is 1. The zero-order valence-corrected chi connectivity index (χ0v) is 15.0. The number of nitrogens with one attached hydrogen (secondary N) is 1. The van der Waals surface area contributed by atoms with E-state index in [-0.39, 0.29) is 6.10 Å². The van der Waals surface area contributed by atoms with Crippen LogP contribution in [0.25, 0.3) is 6.08 Å². The van der Waals surface area contributed by atoms with Crippen molar-refractivity contribution in [3.8, 4) is 5.75 Å². The van der Waals surface area contributed by atoms with Gasteiger partial charge in [0.25, 0.3) is 0 Å². The first-order chi connectivity index (χ1) is 11.6. The Morgan fingerprint density at radius 2 is 2.12 bits per heavy atom. The molecule has 2 aliphatic heterocycles. The van der Waals surface area contributed by atoms with Crippen LogP contribution in [0.3, 0.4) is 0 Å². The molecule has 0 aliphatic carbocycles. The van der Waals surface area contributed by atoms with Crippen molar-refractivity contribution >= 4 is 12.0 Å². The van der Waals surface area contributed by atoms with E-state index in [9.17, 15) is 20.1 Å². The fourth-order valence-electron chi connectivity index (χ4n) is 3.74. The van der Waals surface area contributed by atoms with Crippen LogP contribution in [0.15, 0.2) is 17.8 Å². The van der Waals surface area contributed by atoms with Gasteiger partial charge in [0.2, 0.25) is 0 Å². The van der Waals surface area contributed by atoms with E-state index in [1.165, 1.54) is 6.92 Å². The number of carbonyl (C=O) groups excluding carboxylic acids is 1. The van der Waals surface area contributed by atoms with Crippen molar-refractivity contribution in [2.75, 3.05) is 0 Å². The maximum absolute atomic E-state index is 11.5. The number of quaternary nitrogens is 1. The number of benzene rings is 1. The number of aliphatic carboxylic acids is 1. The Balaban J connectivity index is 1.99. The van der Waals surface area contributed by atoms with Crippen LogP contribution in [0.2, 0.25) is 0 Å². The lowest BCUT2D eigenvalue weighted by Crippen LogP contribution is -3.16. The molecule has 6 heteroatoms. The van der Waals surface area contributed by atoms with Gasteiger partial charge in [-0.3, -0.25) is 4.90 Å². The molecule has 4 unspecified atom stereocenters. The van der Waals surface area contributed by atoms with Gasteiger partial charge < -0.3 is 24.9 Å². The Labute approximate surface area is 147 Å². The molecule has 1 aromatic rings. The van der Waals surface area contributed by atoms with E-state index in [0.29, 0.717) is 17.9 Å². The van der Waals surface area contributed by atoms with Crippen LogP contribution in [0.1, 0.15) is 44.4 Å². The van der Waals surface area contributed by atoms with Crippen molar-refractivity contribution in [2.45, 2.75) is 64.5 Å². The van der Waals surface area contributed by atoms with Gasteiger partial charge in [0.1, 0.15) is 36.2 Å². The molecule has 0 saturated carbocycles. The summed E-state index contributed by atoms with van der Waals surface area (Å²) in [6, 6.07) is 2.95. The number of ether oxygens (including phenoxy) is 1. The topological polar surface area (TPSA) is 94.3 Å². The van der Waals surface area contributed by atoms with Gasteiger partial charge in [-0.2, -0.15) is 0 Å². The average Bonchev–Trinajstić information content (AvgIpc) is 2.92. The van der Waals surface area contributed by atoms with Gasteiger partial charge in [-0.05, 0) is 31.9 Å². The van der Waals surface area contributed by atoms with Crippen LogP contribution in [-0.4, -0.2) is 40.0 Å². The first-order valence-electron chi connectivity index (χ1n) is 8.56. The van der Waals surface area contributed by atoms with Gasteiger partial charge in [-0.25, -0.2) is 0 Å².